The highest BCUT2D eigenvalue weighted by Gasteiger charge is 2.16. The van der Waals surface area contributed by atoms with Crippen LogP contribution in [0, 0.1) is 0 Å². The van der Waals surface area contributed by atoms with Crippen molar-refractivity contribution >= 4 is 11.9 Å². The lowest BCUT2D eigenvalue weighted by Crippen LogP contribution is -2.12. The molecule has 0 unspecified atom stereocenters. The maximum absolute atomic E-state index is 12.0. The summed E-state index contributed by atoms with van der Waals surface area (Å²) < 4.78 is 5.22. The van der Waals surface area contributed by atoms with Crippen LogP contribution in [0.2, 0.25) is 0 Å². The van der Waals surface area contributed by atoms with E-state index in [1.54, 1.807) is 12.1 Å². The van der Waals surface area contributed by atoms with Gasteiger partial charge in [-0.25, -0.2) is 9.59 Å². The first-order valence-corrected chi connectivity index (χ1v) is 11.3. The summed E-state index contributed by atoms with van der Waals surface area (Å²) in [5.41, 5.74) is 0.111. The van der Waals surface area contributed by atoms with Crippen molar-refractivity contribution in [3.8, 4) is 0 Å². The number of allylic oxidation sites excluding steroid dienone is 2. The number of benzene rings is 1. The maximum atomic E-state index is 12.0. The van der Waals surface area contributed by atoms with E-state index in [9.17, 15) is 9.59 Å². The van der Waals surface area contributed by atoms with Gasteiger partial charge in [0, 0.05) is 0 Å². The van der Waals surface area contributed by atoms with Gasteiger partial charge in [0.1, 0.15) is 0 Å². The molecule has 0 bridgehead atoms. The van der Waals surface area contributed by atoms with Crippen LogP contribution in [0.15, 0.2) is 36.4 Å². The van der Waals surface area contributed by atoms with Crippen molar-refractivity contribution in [2.75, 3.05) is 6.61 Å². The normalized spacial score (nSPS) is 11.1. The Morgan fingerprint density at radius 2 is 1.31 bits per heavy atom. The first-order chi connectivity index (χ1) is 14.2. The number of carbonyl (C=O) groups is 2. The molecular formula is C25H38O4. The number of hydrogen-bond acceptors (Lipinski definition) is 3. The fourth-order valence-electron chi connectivity index (χ4n) is 3.26. The minimum atomic E-state index is -1.11. The Labute approximate surface area is 176 Å². The van der Waals surface area contributed by atoms with Gasteiger partial charge in [0.15, 0.2) is 0 Å². The smallest absolute Gasteiger partial charge is 0.339 e. The zero-order valence-electron chi connectivity index (χ0n) is 18.0. The molecule has 4 nitrogen and oxygen atoms in total. The minimum Gasteiger partial charge on any atom is -0.478 e. The monoisotopic (exact) mass is 402 g/mol. The van der Waals surface area contributed by atoms with E-state index in [1.807, 2.05) is 0 Å². The highest BCUT2D eigenvalue weighted by Crippen LogP contribution is 2.13. The molecule has 0 fully saturated rings. The van der Waals surface area contributed by atoms with E-state index in [4.69, 9.17) is 9.84 Å². The third-order valence-corrected chi connectivity index (χ3v) is 5.02. The van der Waals surface area contributed by atoms with Crippen LogP contribution in [0.1, 0.15) is 111 Å². The van der Waals surface area contributed by atoms with Crippen molar-refractivity contribution in [2.45, 2.75) is 90.4 Å². The van der Waals surface area contributed by atoms with Crippen molar-refractivity contribution < 1.29 is 19.4 Å². The largest absolute Gasteiger partial charge is 0.478 e. The molecule has 0 heterocycles. The third-order valence-electron chi connectivity index (χ3n) is 5.02. The van der Waals surface area contributed by atoms with E-state index in [2.05, 4.69) is 19.1 Å². The summed E-state index contributed by atoms with van der Waals surface area (Å²) in [7, 11) is 0. The van der Waals surface area contributed by atoms with Gasteiger partial charge in [-0.2, -0.15) is 0 Å². The van der Waals surface area contributed by atoms with Crippen molar-refractivity contribution in [1.29, 1.82) is 0 Å². The molecule has 0 aliphatic rings. The molecule has 0 saturated carbocycles. The van der Waals surface area contributed by atoms with Crippen LogP contribution in [-0.2, 0) is 4.74 Å². The number of rotatable bonds is 17. The summed E-state index contributed by atoms with van der Waals surface area (Å²) in [5.74, 6) is -1.66. The number of carbonyl (C=O) groups excluding carboxylic acids is 1. The number of carboxylic acids is 1. The van der Waals surface area contributed by atoms with E-state index >= 15 is 0 Å². The summed E-state index contributed by atoms with van der Waals surface area (Å²) >= 11 is 0. The van der Waals surface area contributed by atoms with Crippen molar-refractivity contribution in [3.63, 3.8) is 0 Å². The average molecular weight is 403 g/mol. The van der Waals surface area contributed by atoms with Gasteiger partial charge in [0.25, 0.3) is 0 Å². The van der Waals surface area contributed by atoms with Crippen LogP contribution in [0.5, 0.6) is 0 Å². The summed E-state index contributed by atoms with van der Waals surface area (Å²) in [6, 6.07) is 6.16. The fraction of sp³-hybridized carbons (Fsp3) is 0.600. The molecule has 1 rings (SSSR count). The SMILES string of the molecule is CCCCC/C=C/CCCCCCCCCCOC(=O)c1ccccc1C(=O)O. The van der Waals surface area contributed by atoms with E-state index in [0.717, 1.165) is 19.3 Å². The molecule has 1 N–H and O–H groups in total. The molecule has 0 spiro atoms. The van der Waals surface area contributed by atoms with Crippen molar-refractivity contribution in [2.24, 2.45) is 0 Å². The number of carboxylic acid groups (broad SMARTS) is 1. The standard InChI is InChI=1S/C25H38O4/c1-2-3-4-5-6-7-8-9-10-11-12-13-14-15-18-21-29-25(28)23-20-17-16-19-22(23)24(26)27/h6-7,16-17,19-20H,2-5,8-15,18,21H2,1H3,(H,26,27)/b7-6+. The first kappa shape index (κ1) is 24.9. The lowest BCUT2D eigenvalue weighted by molar-refractivity contribution is 0.0487. The summed E-state index contributed by atoms with van der Waals surface area (Å²) in [6.07, 6.45) is 20.5. The Hall–Kier alpha value is -2.10. The second-order valence-electron chi connectivity index (χ2n) is 7.57. The van der Waals surface area contributed by atoms with Gasteiger partial charge in [0.2, 0.25) is 0 Å². The van der Waals surface area contributed by atoms with Crippen LogP contribution >= 0.6 is 0 Å². The van der Waals surface area contributed by atoms with Crippen LogP contribution in [-0.4, -0.2) is 23.7 Å². The van der Waals surface area contributed by atoms with Gasteiger partial charge in [-0.1, -0.05) is 82.6 Å². The van der Waals surface area contributed by atoms with Crippen molar-refractivity contribution in [1.82, 2.24) is 0 Å². The van der Waals surface area contributed by atoms with Gasteiger partial charge < -0.3 is 9.84 Å². The summed E-state index contributed by atoms with van der Waals surface area (Å²) in [5, 5.41) is 9.12. The van der Waals surface area contributed by atoms with Crippen molar-refractivity contribution in [3.05, 3.63) is 47.5 Å². The molecule has 0 atom stereocenters. The molecule has 29 heavy (non-hydrogen) atoms. The topological polar surface area (TPSA) is 63.6 Å². The Kier molecular flexibility index (Phi) is 14.5. The molecule has 0 aromatic heterocycles. The number of hydrogen-bond donors (Lipinski definition) is 1. The van der Waals surface area contributed by atoms with Gasteiger partial charge >= 0.3 is 11.9 Å². The Morgan fingerprint density at radius 1 is 0.793 bits per heavy atom. The maximum Gasteiger partial charge on any atom is 0.339 e. The number of aromatic carboxylic acids is 1. The summed E-state index contributed by atoms with van der Waals surface area (Å²) in [4.78, 5) is 23.2. The predicted molar refractivity (Wildman–Crippen MR) is 119 cm³/mol. The second kappa shape index (κ2) is 16.8. The predicted octanol–water partition coefficient (Wildman–Crippen LogP) is 7.19. The third kappa shape index (κ3) is 12.1. The average Bonchev–Trinajstić information content (AvgIpc) is 2.73. The minimum absolute atomic E-state index is 0.00974. The molecule has 0 aliphatic carbocycles. The molecule has 1 aromatic carbocycles. The first-order valence-electron chi connectivity index (χ1n) is 11.3. The van der Waals surface area contributed by atoms with Gasteiger partial charge in [-0.3, -0.25) is 0 Å². The molecule has 0 saturated heterocycles. The summed E-state index contributed by atoms with van der Waals surface area (Å²) in [6.45, 7) is 2.58. The zero-order chi connectivity index (χ0) is 21.2. The van der Waals surface area contributed by atoms with Crippen LogP contribution in [0.25, 0.3) is 0 Å². The molecule has 0 aliphatic heterocycles. The van der Waals surface area contributed by atoms with Gasteiger partial charge in [-0.05, 0) is 44.2 Å². The lowest BCUT2D eigenvalue weighted by Gasteiger charge is -2.07. The molecule has 4 heteroatoms. The fourth-order valence-corrected chi connectivity index (χ4v) is 3.26. The number of unbranched alkanes of at least 4 members (excludes halogenated alkanes) is 11. The molecule has 1 aromatic rings. The molecule has 0 radical (unpaired) electrons. The highest BCUT2D eigenvalue weighted by molar-refractivity contribution is 6.02. The Balaban J connectivity index is 1.95. The van der Waals surface area contributed by atoms with E-state index in [0.29, 0.717) is 6.61 Å². The van der Waals surface area contributed by atoms with E-state index in [-0.39, 0.29) is 11.1 Å². The van der Waals surface area contributed by atoms with Crippen LogP contribution in [0.3, 0.4) is 0 Å². The molecule has 162 valence electrons. The molecular weight excluding hydrogens is 364 g/mol. The van der Waals surface area contributed by atoms with E-state index < -0.39 is 11.9 Å². The number of esters is 1. The highest BCUT2D eigenvalue weighted by atomic mass is 16.5. The molecule has 0 amide bonds. The van der Waals surface area contributed by atoms with E-state index in [1.165, 1.54) is 76.3 Å². The Bertz CT molecular complexity index is 607. The Morgan fingerprint density at radius 3 is 1.90 bits per heavy atom. The zero-order valence-corrected chi connectivity index (χ0v) is 18.0. The van der Waals surface area contributed by atoms with Crippen LogP contribution in [0.4, 0.5) is 0 Å². The lowest BCUT2D eigenvalue weighted by atomic mass is 10.1. The van der Waals surface area contributed by atoms with Gasteiger partial charge in [-0.15, -0.1) is 0 Å². The van der Waals surface area contributed by atoms with Gasteiger partial charge in [0.05, 0.1) is 17.7 Å². The quantitative estimate of drug-likeness (QED) is 0.170. The van der Waals surface area contributed by atoms with Crippen LogP contribution < -0.4 is 0 Å². The second-order valence-corrected chi connectivity index (χ2v) is 7.57. The number of ether oxygens (including phenoxy) is 1.